The quantitative estimate of drug-likeness (QED) is 0.656. The van der Waals surface area contributed by atoms with Gasteiger partial charge in [0.15, 0.2) is 0 Å². The molecule has 1 aromatic carbocycles. The van der Waals surface area contributed by atoms with Crippen molar-refractivity contribution in [3.63, 3.8) is 0 Å². The Hall–Kier alpha value is -1.95. The second kappa shape index (κ2) is 7.35. The summed E-state index contributed by atoms with van der Waals surface area (Å²) in [6.45, 7) is 6.06. The molecule has 0 atom stereocenters. The van der Waals surface area contributed by atoms with Crippen LogP contribution in [0.25, 0.3) is 0 Å². The second-order valence-electron chi connectivity index (χ2n) is 5.03. The van der Waals surface area contributed by atoms with Crippen molar-refractivity contribution in [1.29, 1.82) is 0 Å². The second-order valence-corrected chi connectivity index (χ2v) is 5.82. The molecule has 0 saturated heterocycles. The number of aromatic nitrogens is 2. The van der Waals surface area contributed by atoms with Gasteiger partial charge in [0.25, 0.3) is 5.91 Å². The van der Waals surface area contributed by atoms with Gasteiger partial charge in [0.05, 0.1) is 22.1 Å². The molecule has 0 unspecified atom stereocenters. The van der Waals surface area contributed by atoms with E-state index in [2.05, 4.69) is 50.6 Å². The van der Waals surface area contributed by atoms with Crippen LogP contribution in [0.3, 0.4) is 0 Å². The Labute approximate surface area is 138 Å². The zero-order valence-electron chi connectivity index (χ0n) is 12.9. The molecular formula is C16H19BrN4O. The summed E-state index contributed by atoms with van der Waals surface area (Å²) in [5.41, 5.74) is 6.53. The largest absolute Gasteiger partial charge is 0.271 e. The van der Waals surface area contributed by atoms with Crippen LogP contribution in [0, 0.1) is 13.8 Å². The van der Waals surface area contributed by atoms with Crippen LogP contribution in [0.4, 0.5) is 0 Å². The lowest BCUT2D eigenvalue weighted by molar-refractivity contribution is -0.121. The minimum absolute atomic E-state index is 0.143. The number of amides is 1. The molecule has 0 radical (unpaired) electrons. The Morgan fingerprint density at radius 1 is 1.36 bits per heavy atom. The monoisotopic (exact) mass is 362 g/mol. The van der Waals surface area contributed by atoms with Gasteiger partial charge in [-0.3, -0.25) is 9.48 Å². The van der Waals surface area contributed by atoms with Gasteiger partial charge in [0.1, 0.15) is 6.54 Å². The molecular weight excluding hydrogens is 344 g/mol. The zero-order valence-corrected chi connectivity index (χ0v) is 14.5. The first-order valence-corrected chi connectivity index (χ1v) is 7.91. The van der Waals surface area contributed by atoms with Gasteiger partial charge < -0.3 is 0 Å². The summed E-state index contributed by atoms with van der Waals surface area (Å²) < 4.78 is 2.58. The van der Waals surface area contributed by atoms with E-state index in [4.69, 9.17) is 0 Å². The molecule has 5 nitrogen and oxygen atoms in total. The fraction of sp³-hybridized carbons (Fsp3) is 0.312. The summed E-state index contributed by atoms with van der Waals surface area (Å²) in [5.74, 6) is -0.209. The summed E-state index contributed by atoms with van der Waals surface area (Å²) in [4.78, 5) is 11.9. The minimum atomic E-state index is -0.209. The van der Waals surface area contributed by atoms with E-state index in [0.717, 1.165) is 27.8 Å². The van der Waals surface area contributed by atoms with Gasteiger partial charge in [-0.15, -0.1) is 0 Å². The van der Waals surface area contributed by atoms with Crippen LogP contribution < -0.4 is 5.43 Å². The number of carbonyl (C=O) groups excluding carboxylic acids is 1. The van der Waals surface area contributed by atoms with Crippen molar-refractivity contribution in [2.24, 2.45) is 5.10 Å². The average Bonchev–Trinajstić information content (AvgIpc) is 2.75. The SMILES string of the molecule is CCc1ccc(C=NNC(=O)Cn2nc(C)c(Br)c2C)cc1. The maximum absolute atomic E-state index is 11.9. The van der Waals surface area contributed by atoms with Crippen LogP contribution in [-0.4, -0.2) is 21.9 Å². The molecule has 0 aliphatic carbocycles. The maximum Gasteiger partial charge on any atom is 0.261 e. The highest BCUT2D eigenvalue weighted by molar-refractivity contribution is 9.10. The van der Waals surface area contributed by atoms with Crippen LogP contribution in [0.2, 0.25) is 0 Å². The highest BCUT2D eigenvalue weighted by Crippen LogP contribution is 2.19. The average molecular weight is 363 g/mol. The first kappa shape index (κ1) is 16.4. The Morgan fingerprint density at radius 3 is 2.59 bits per heavy atom. The highest BCUT2D eigenvalue weighted by atomic mass is 79.9. The first-order chi connectivity index (χ1) is 10.5. The Kier molecular flexibility index (Phi) is 5.49. The van der Waals surface area contributed by atoms with Crippen LogP contribution in [0.15, 0.2) is 33.8 Å². The molecule has 2 aromatic rings. The Morgan fingerprint density at radius 2 is 2.05 bits per heavy atom. The third kappa shape index (κ3) is 4.04. The van der Waals surface area contributed by atoms with Gasteiger partial charge in [-0.05, 0) is 47.3 Å². The van der Waals surface area contributed by atoms with Crippen molar-refractivity contribution in [3.05, 3.63) is 51.3 Å². The van der Waals surface area contributed by atoms with E-state index < -0.39 is 0 Å². The van der Waals surface area contributed by atoms with Crippen LogP contribution in [0.1, 0.15) is 29.4 Å². The molecule has 0 saturated carbocycles. The van der Waals surface area contributed by atoms with Crippen molar-refractivity contribution in [2.45, 2.75) is 33.7 Å². The maximum atomic E-state index is 11.9. The lowest BCUT2D eigenvalue weighted by Crippen LogP contribution is -2.24. The lowest BCUT2D eigenvalue weighted by atomic mass is 10.1. The summed E-state index contributed by atoms with van der Waals surface area (Å²) in [5, 5.41) is 8.27. The van der Waals surface area contributed by atoms with E-state index >= 15 is 0 Å². The molecule has 0 aliphatic rings. The third-order valence-corrected chi connectivity index (χ3v) is 4.53. The standard InChI is InChI=1S/C16H19BrN4O/c1-4-13-5-7-14(8-6-13)9-18-19-15(22)10-21-12(3)16(17)11(2)20-21/h5-9H,4,10H2,1-3H3,(H,19,22). The molecule has 1 amide bonds. The molecule has 0 spiro atoms. The fourth-order valence-electron chi connectivity index (χ4n) is 2.02. The van der Waals surface area contributed by atoms with Crippen molar-refractivity contribution < 1.29 is 4.79 Å². The predicted octanol–water partition coefficient (Wildman–Crippen LogP) is 2.98. The summed E-state index contributed by atoms with van der Waals surface area (Å²) >= 11 is 3.44. The van der Waals surface area contributed by atoms with Crippen molar-refractivity contribution in [1.82, 2.24) is 15.2 Å². The number of aryl methyl sites for hydroxylation is 2. The van der Waals surface area contributed by atoms with Crippen molar-refractivity contribution in [3.8, 4) is 0 Å². The molecule has 2 rings (SSSR count). The van der Waals surface area contributed by atoms with Gasteiger partial charge in [-0.2, -0.15) is 10.2 Å². The molecule has 0 aliphatic heterocycles. The predicted molar refractivity (Wildman–Crippen MR) is 91.0 cm³/mol. The van der Waals surface area contributed by atoms with E-state index in [0.29, 0.717) is 0 Å². The number of nitrogens with one attached hydrogen (secondary N) is 1. The number of hydrazone groups is 1. The molecule has 6 heteroatoms. The summed E-state index contributed by atoms with van der Waals surface area (Å²) in [7, 11) is 0. The number of hydrogen-bond acceptors (Lipinski definition) is 3. The van der Waals surface area contributed by atoms with Crippen LogP contribution in [-0.2, 0) is 17.8 Å². The van der Waals surface area contributed by atoms with Crippen LogP contribution >= 0.6 is 15.9 Å². The molecule has 1 heterocycles. The summed E-state index contributed by atoms with van der Waals surface area (Å²) in [6.07, 6.45) is 2.64. The van der Waals surface area contributed by atoms with Crippen molar-refractivity contribution >= 4 is 28.1 Å². The molecule has 1 N–H and O–H groups in total. The Balaban J connectivity index is 1.91. The van der Waals surface area contributed by atoms with Gasteiger partial charge >= 0.3 is 0 Å². The van der Waals surface area contributed by atoms with E-state index in [-0.39, 0.29) is 12.5 Å². The third-order valence-electron chi connectivity index (χ3n) is 3.38. The molecule has 116 valence electrons. The van der Waals surface area contributed by atoms with Gasteiger partial charge in [0.2, 0.25) is 0 Å². The lowest BCUT2D eigenvalue weighted by Gasteiger charge is -2.03. The molecule has 1 aromatic heterocycles. The normalized spacial score (nSPS) is 11.1. The van der Waals surface area contributed by atoms with E-state index in [1.54, 1.807) is 10.9 Å². The first-order valence-electron chi connectivity index (χ1n) is 7.11. The molecule has 0 fully saturated rings. The smallest absolute Gasteiger partial charge is 0.261 e. The highest BCUT2D eigenvalue weighted by Gasteiger charge is 2.11. The van der Waals surface area contributed by atoms with Crippen molar-refractivity contribution in [2.75, 3.05) is 0 Å². The minimum Gasteiger partial charge on any atom is -0.271 e. The number of rotatable bonds is 5. The van der Waals surface area contributed by atoms with E-state index in [1.807, 2.05) is 26.0 Å². The summed E-state index contributed by atoms with van der Waals surface area (Å²) in [6, 6.07) is 8.06. The number of nitrogens with zero attached hydrogens (tertiary/aromatic N) is 3. The number of halogens is 1. The van der Waals surface area contributed by atoms with Crippen LogP contribution in [0.5, 0.6) is 0 Å². The van der Waals surface area contributed by atoms with Gasteiger partial charge in [-0.1, -0.05) is 31.2 Å². The van der Waals surface area contributed by atoms with E-state index in [1.165, 1.54) is 5.56 Å². The molecule has 0 bridgehead atoms. The number of hydrogen-bond donors (Lipinski definition) is 1. The van der Waals surface area contributed by atoms with E-state index in [9.17, 15) is 4.79 Å². The topological polar surface area (TPSA) is 59.3 Å². The fourth-order valence-corrected chi connectivity index (χ4v) is 2.30. The van der Waals surface area contributed by atoms with Gasteiger partial charge in [0, 0.05) is 0 Å². The zero-order chi connectivity index (χ0) is 16.1. The number of benzene rings is 1. The number of carbonyl (C=O) groups is 1. The Bertz CT molecular complexity index is 689. The molecule has 22 heavy (non-hydrogen) atoms. The van der Waals surface area contributed by atoms with Gasteiger partial charge in [-0.25, -0.2) is 5.43 Å².